The first-order chi connectivity index (χ1) is 6.77. The highest BCUT2D eigenvalue weighted by Gasteiger charge is 2.26. The third-order valence-corrected chi connectivity index (χ3v) is 2.40. The standard InChI is InChI=1S/C11H13NO2/c1-8-11(13)14-7-10(12-8)9-5-3-2-4-6-9/h2-6,8,10,12H,7H2,1H3/t8?,10-/m0/s1. The molecule has 2 rings (SSSR count). The third-order valence-electron chi connectivity index (χ3n) is 2.40. The van der Waals surface area contributed by atoms with Crippen molar-refractivity contribution in [3.8, 4) is 0 Å². The van der Waals surface area contributed by atoms with Gasteiger partial charge in [0.1, 0.15) is 12.6 Å². The molecule has 0 saturated carbocycles. The molecule has 1 aromatic carbocycles. The van der Waals surface area contributed by atoms with Crippen LogP contribution in [0.4, 0.5) is 0 Å². The van der Waals surface area contributed by atoms with Crippen molar-refractivity contribution >= 4 is 5.97 Å². The van der Waals surface area contributed by atoms with E-state index in [9.17, 15) is 4.79 Å². The van der Waals surface area contributed by atoms with Crippen molar-refractivity contribution < 1.29 is 9.53 Å². The van der Waals surface area contributed by atoms with Gasteiger partial charge in [-0.05, 0) is 12.5 Å². The first-order valence-corrected chi connectivity index (χ1v) is 4.75. The molecule has 0 radical (unpaired) electrons. The molecule has 3 heteroatoms. The molecule has 0 aliphatic carbocycles. The maximum absolute atomic E-state index is 11.1. The lowest BCUT2D eigenvalue weighted by molar-refractivity contribution is -0.151. The van der Waals surface area contributed by atoms with Gasteiger partial charge < -0.3 is 4.74 Å². The van der Waals surface area contributed by atoms with E-state index in [1.54, 1.807) is 0 Å². The number of carbonyl (C=O) groups is 1. The number of benzene rings is 1. The molecule has 74 valence electrons. The molecule has 0 bridgehead atoms. The van der Waals surface area contributed by atoms with Gasteiger partial charge >= 0.3 is 5.97 Å². The Balaban J connectivity index is 2.11. The summed E-state index contributed by atoms with van der Waals surface area (Å²) in [7, 11) is 0. The largest absolute Gasteiger partial charge is 0.463 e. The highest BCUT2D eigenvalue weighted by Crippen LogP contribution is 2.17. The SMILES string of the molecule is CC1N[C@H](c2ccccc2)COC1=O. The number of esters is 1. The lowest BCUT2D eigenvalue weighted by Crippen LogP contribution is -2.45. The lowest BCUT2D eigenvalue weighted by Gasteiger charge is -2.28. The summed E-state index contributed by atoms with van der Waals surface area (Å²) in [5, 5.41) is 3.21. The number of ether oxygens (including phenoxy) is 1. The average molecular weight is 191 g/mol. The monoisotopic (exact) mass is 191 g/mol. The van der Waals surface area contributed by atoms with Crippen molar-refractivity contribution in [1.82, 2.24) is 5.32 Å². The van der Waals surface area contributed by atoms with Crippen LogP contribution >= 0.6 is 0 Å². The summed E-state index contributed by atoms with van der Waals surface area (Å²) in [5.41, 5.74) is 1.16. The Morgan fingerprint density at radius 2 is 2.07 bits per heavy atom. The summed E-state index contributed by atoms with van der Waals surface area (Å²) in [6.45, 7) is 2.24. The number of carbonyl (C=O) groups excluding carboxylic acids is 1. The van der Waals surface area contributed by atoms with Gasteiger partial charge in [0.25, 0.3) is 0 Å². The van der Waals surface area contributed by atoms with Gasteiger partial charge in [-0.2, -0.15) is 0 Å². The number of cyclic esters (lactones) is 1. The van der Waals surface area contributed by atoms with E-state index in [0.29, 0.717) is 6.61 Å². The molecule has 1 N–H and O–H groups in total. The van der Waals surface area contributed by atoms with Crippen LogP contribution < -0.4 is 5.32 Å². The van der Waals surface area contributed by atoms with Crippen LogP contribution in [-0.2, 0) is 9.53 Å². The number of morpholine rings is 1. The molecule has 1 heterocycles. The van der Waals surface area contributed by atoms with Crippen LogP contribution in [0.5, 0.6) is 0 Å². The van der Waals surface area contributed by atoms with E-state index in [0.717, 1.165) is 5.56 Å². The zero-order valence-electron chi connectivity index (χ0n) is 8.07. The quantitative estimate of drug-likeness (QED) is 0.679. The summed E-state index contributed by atoms with van der Waals surface area (Å²) >= 11 is 0. The van der Waals surface area contributed by atoms with Crippen molar-refractivity contribution in [2.75, 3.05) is 6.61 Å². The van der Waals surface area contributed by atoms with Crippen molar-refractivity contribution in [3.63, 3.8) is 0 Å². The second-order valence-corrected chi connectivity index (χ2v) is 3.48. The molecule has 1 aliphatic heterocycles. The maximum atomic E-state index is 11.1. The number of rotatable bonds is 1. The summed E-state index contributed by atoms with van der Waals surface area (Å²) < 4.78 is 5.06. The van der Waals surface area contributed by atoms with Gasteiger partial charge in [-0.3, -0.25) is 10.1 Å². The fourth-order valence-electron chi connectivity index (χ4n) is 1.59. The Labute approximate surface area is 83.1 Å². The van der Waals surface area contributed by atoms with Crippen molar-refractivity contribution in [1.29, 1.82) is 0 Å². The normalized spacial score (nSPS) is 27.1. The number of hydrogen-bond acceptors (Lipinski definition) is 3. The average Bonchev–Trinajstić information content (AvgIpc) is 2.23. The third kappa shape index (κ3) is 1.77. The molecule has 2 atom stereocenters. The molecule has 14 heavy (non-hydrogen) atoms. The second kappa shape index (κ2) is 3.80. The first kappa shape index (κ1) is 9.21. The van der Waals surface area contributed by atoms with Crippen molar-refractivity contribution in [2.24, 2.45) is 0 Å². The molecule has 1 unspecified atom stereocenters. The van der Waals surface area contributed by atoms with Gasteiger partial charge in [0.2, 0.25) is 0 Å². The molecule has 0 spiro atoms. The lowest BCUT2D eigenvalue weighted by atomic mass is 10.1. The van der Waals surface area contributed by atoms with E-state index in [4.69, 9.17) is 4.74 Å². The van der Waals surface area contributed by atoms with Crippen LogP contribution in [-0.4, -0.2) is 18.6 Å². The van der Waals surface area contributed by atoms with E-state index in [2.05, 4.69) is 5.32 Å². The van der Waals surface area contributed by atoms with Crippen LogP contribution in [0.3, 0.4) is 0 Å². The van der Waals surface area contributed by atoms with Gasteiger partial charge in [-0.1, -0.05) is 30.3 Å². The van der Waals surface area contributed by atoms with Crippen LogP contribution in [0, 0.1) is 0 Å². The van der Waals surface area contributed by atoms with Gasteiger partial charge in [0.05, 0.1) is 6.04 Å². The second-order valence-electron chi connectivity index (χ2n) is 3.48. The maximum Gasteiger partial charge on any atom is 0.322 e. The first-order valence-electron chi connectivity index (χ1n) is 4.75. The Morgan fingerprint density at radius 3 is 2.71 bits per heavy atom. The Bertz CT molecular complexity index is 323. The summed E-state index contributed by atoms with van der Waals surface area (Å²) in [4.78, 5) is 11.1. The van der Waals surface area contributed by atoms with E-state index >= 15 is 0 Å². The van der Waals surface area contributed by atoms with Gasteiger partial charge in [-0.25, -0.2) is 0 Å². The molecule has 1 aliphatic rings. The van der Waals surface area contributed by atoms with Crippen molar-refractivity contribution in [2.45, 2.75) is 19.0 Å². The summed E-state index contributed by atoms with van der Waals surface area (Å²) in [6, 6.07) is 9.92. The minimum atomic E-state index is -0.214. The fraction of sp³-hybridized carbons (Fsp3) is 0.364. The molecular weight excluding hydrogens is 178 g/mol. The predicted molar refractivity (Wildman–Crippen MR) is 52.7 cm³/mol. The van der Waals surface area contributed by atoms with Gasteiger partial charge in [0.15, 0.2) is 0 Å². The summed E-state index contributed by atoms with van der Waals surface area (Å²) in [6.07, 6.45) is 0. The topological polar surface area (TPSA) is 38.3 Å². The minimum absolute atomic E-state index is 0.129. The van der Waals surface area contributed by atoms with Crippen LogP contribution in [0.25, 0.3) is 0 Å². The molecule has 1 saturated heterocycles. The Hall–Kier alpha value is -1.35. The van der Waals surface area contributed by atoms with E-state index in [1.807, 2.05) is 37.3 Å². The Kier molecular flexibility index (Phi) is 2.50. The predicted octanol–water partition coefficient (Wildman–Crippen LogP) is 1.26. The molecular formula is C11H13NO2. The highest BCUT2D eigenvalue weighted by atomic mass is 16.5. The molecule has 3 nitrogen and oxygen atoms in total. The van der Waals surface area contributed by atoms with E-state index < -0.39 is 0 Å². The minimum Gasteiger partial charge on any atom is -0.463 e. The number of nitrogens with one attached hydrogen (secondary N) is 1. The van der Waals surface area contributed by atoms with Crippen LogP contribution in [0.1, 0.15) is 18.5 Å². The van der Waals surface area contributed by atoms with E-state index in [-0.39, 0.29) is 18.1 Å². The molecule has 1 fully saturated rings. The highest BCUT2D eigenvalue weighted by molar-refractivity contribution is 5.76. The van der Waals surface area contributed by atoms with Gasteiger partial charge in [0, 0.05) is 0 Å². The molecule has 0 amide bonds. The zero-order chi connectivity index (χ0) is 9.97. The van der Waals surface area contributed by atoms with Crippen LogP contribution in [0.15, 0.2) is 30.3 Å². The van der Waals surface area contributed by atoms with Gasteiger partial charge in [-0.15, -0.1) is 0 Å². The van der Waals surface area contributed by atoms with Crippen LogP contribution in [0.2, 0.25) is 0 Å². The Morgan fingerprint density at radius 1 is 1.36 bits per heavy atom. The summed E-state index contributed by atoms with van der Waals surface area (Å²) in [5.74, 6) is -0.169. The molecule has 0 aromatic heterocycles. The van der Waals surface area contributed by atoms with Crippen molar-refractivity contribution in [3.05, 3.63) is 35.9 Å². The number of hydrogen-bond donors (Lipinski definition) is 1. The fourth-order valence-corrected chi connectivity index (χ4v) is 1.59. The van der Waals surface area contributed by atoms with E-state index in [1.165, 1.54) is 0 Å². The zero-order valence-corrected chi connectivity index (χ0v) is 8.07. The molecule has 1 aromatic rings. The smallest absolute Gasteiger partial charge is 0.322 e.